The highest BCUT2D eigenvalue weighted by atomic mass is 19.1. The SMILES string of the molecule is COc1ccccc1-c1ccccc1CC1CN(C(=O)c2ccccc2F)CCNC1=O. The summed E-state index contributed by atoms with van der Waals surface area (Å²) in [5.74, 6) is -0.768. The lowest BCUT2D eigenvalue weighted by Gasteiger charge is -2.24. The third-order valence-corrected chi connectivity index (χ3v) is 5.76. The van der Waals surface area contributed by atoms with E-state index in [9.17, 15) is 14.0 Å². The first-order chi connectivity index (χ1) is 15.6. The number of carbonyl (C=O) groups excluding carboxylic acids is 2. The van der Waals surface area contributed by atoms with E-state index in [1.165, 1.54) is 12.1 Å². The van der Waals surface area contributed by atoms with Gasteiger partial charge in [0.25, 0.3) is 5.91 Å². The molecule has 0 aromatic heterocycles. The number of hydrogen-bond acceptors (Lipinski definition) is 3. The predicted octanol–water partition coefficient (Wildman–Crippen LogP) is 3.93. The molecule has 3 aromatic carbocycles. The van der Waals surface area contributed by atoms with Crippen LogP contribution in [0.25, 0.3) is 11.1 Å². The number of nitrogens with zero attached hydrogens (tertiary/aromatic N) is 1. The number of halogens is 1. The Kier molecular flexibility index (Phi) is 6.50. The standard InChI is InChI=1S/C26H25FN2O3/c1-32-24-13-7-5-10-21(24)20-9-3-2-8-18(20)16-19-17-29(15-14-28-25(19)30)26(31)22-11-4-6-12-23(22)27/h2-13,19H,14-17H2,1H3,(H,28,30). The second-order valence-electron chi connectivity index (χ2n) is 7.78. The number of ether oxygens (including phenoxy) is 1. The van der Waals surface area contributed by atoms with Crippen molar-refractivity contribution in [1.82, 2.24) is 10.2 Å². The van der Waals surface area contributed by atoms with E-state index in [0.717, 1.165) is 22.4 Å². The van der Waals surface area contributed by atoms with Gasteiger partial charge in [0.1, 0.15) is 11.6 Å². The molecule has 1 aliphatic heterocycles. The summed E-state index contributed by atoms with van der Waals surface area (Å²) < 4.78 is 19.7. The van der Waals surface area contributed by atoms with Crippen molar-refractivity contribution < 1.29 is 18.7 Å². The number of hydrogen-bond donors (Lipinski definition) is 1. The zero-order valence-electron chi connectivity index (χ0n) is 17.9. The van der Waals surface area contributed by atoms with Crippen molar-refractivity contribution in [2.75, 3.05) is 26.7 Å². The Morgan fingerprint density at radius 1 is 1.03 bits per heavy atom. The monoisotopic (exact) mass is 432 g/mol. The number of methoxy groups -OCH3 is 1. The van der Waals surface area contributed by atoms with E-state index in [-0.39, 0.29) is 18.0 Å². The zero-order valence-corrected chi connectivity index (χ0v) is 17.9. The summed E-state index contributed by atoms with van der Waals surface area (Å²) in [5, 5.41) is 2.90. The van der Waals surface area contributed by atoms with Gasteiger partial charge in [-0.1, -0.05) is 54.6 Å². The van der Waals surface area contributed by atoms with Gasteiger partial charge in [0.15, 0.2) is 0 Å². The Morgan fingerprint density at radius 3 is 2.50 bits per heavy atom. The number of carbonyl (C=O) groups is 2. The maximum absolute atomic E-state index is 14.2. The Balaban J connectivity index is 1.62. The quantitative estimate of drug-likeness (QED) is 0.665. The third kappa shape index (κ3) is 4.49. The minimum absolute atomic E-state index is 0.0232. The average Bonchev–Trinajstić information content (AvgIpc) is 3.00. The van der Waals surface area contributed by atoms with Gasteiger partial charge in [-0.25, -0.2) is 4.39 Å². The van der Waals surface area contributed by atoms with Crippen LogP contribution in [0, 0.1) is 11.7 Å². The molecular weight excluding hydrogens is 407 g/mol. The molecule has 3 aromatic rings. The molecule has 1 N–H and O–H groups in total. The van der Waals surface area contributed by atoms with Gasteiger partial charge in [0, 0.05) is 25.2 Å². The largest absolute Gasteiger partial charge is 0.496 e. The first-order valence-electron chi connectivity index (χ1n) is 10.6. The Hall–Kier alpha value is -3.67. The molecule has 1 fully saturated rings. The normalized spacial score (nSPS) is 16.2. The second kappa shape index (κ2) is 9.64. The maximum atomic E-state index is 14.2. The van der Waals surface area contributed by atoms with Gasteiger partial charge in [-0.15, -0.1) is 0 Å². The van der Waals surface area contributed by atoms with E-state index in [1.54, 1.807) is 24.1 Å². The van der Waals surface area contributed by atoms with Crippen LogP contribution >= 0.6 is 0 Å². The fourth-order valence-electron chi connectivity index (χ4n) is 4.14. The fourth-order valence-corrected chi connectivity index (χ4v) is 4.14. The van der Waals surface area contributed by atoms with Gasteiger partial charge in [-0.3, -0.25) is 9.59 Å². The van der Waals surface area contributed by atoms with Crippen LogP contribution in [0.2, 0.25) is 0 Å². The molecule has 2 amide bonds. The first-order valence-corrected chi connectivity index (χ1v) is 10.6. The van der Waals surface area contributed by atoms with Crippen molar-refractivity contribution >= 4 is 11.8 Å². The number of amides is 2. The van der Waals surface area contributed by atoms with E-state index in [1.807, 2.05) is 48.5 Å². The molecule has 1 aliphatic rings. The van der Waals surface area contributed by atoms with E-state index in [0.29, 0.717) is 19.5 Å². The van der Waals surface area contributed by atoms with Crippen molar-refractivity contribution in [3.8, 4) is 16.9 Å². The zero-order chi connectivity index (χ0) is 22.5. The molecule has 1 atom stereocenters. The van der Waals surface area contributed by atoms with Crippen LogP contribution in [0.4, 0.5) is 4.39 Å². The van der Waals surface area contributed by atoms with Crippen molar-refractivity contribution in [2.45, 2.75) is 6.42 Å². The van der Waals surface area contributed by atoms with Crippen LogP contribution in [0.3, 0.4) is 0 Å². The summed E-state index contributed by atoms with van der Waals surface area (Å²) in [6.07, 6.45) is 0.446. The van der Waals surface area contributed by atoms with Gasteiger partial charge >= 0.3 is 0 Å². The van der Waals surface area contributed by atoms with Crippen LogP contribution < -0.4 is 10.1 Å². The van der Waals surface area contributed by atoms with E-state index >= 15 is 0 Å². The van der Waals surface area contributed by atoms with Gasteiger partial charge in [-0.2, -0.15) is 0 Å². The van der Waals surface area contributed by atoms with Crippen LogP contribution in [-0.4, -0.2) is 43.5 Å². The van der Waals surface area contributed by atoms with Gasteiger partial charge in [0.05, 0.1) is 18.6 Å². The Bertz CT molecular complexity index is 1130. The van der Waals surface area contributed by atoms with Crippen molar-refractivity contribution in [1.29, 1.82) is 0 Å². The first kappa shape index (κ1) is 21.6. The molecule has 5 nitrogen and oxygen atoms in total. The lowest BCUT2D eigenvalue weighted by atomic mass is 9.91. The van der Waals surface area contributed by atoms with Crippen LogP contribution in [-0.2, 0) is 11.2 Å². The summed E-state index contributed by atoms with van der Waals surface area (Å²) in [7, 11) is 1.63. The van der Waals surface area contributed by atoms with Gasteiger partial charge in [-0.05, 0) is 35.7 Å². The van der Waals surface area contributed by atoms with Gasteiger partial charge in [0.2, 0.25) is 5.91 Å². The average molecular weight is 432 g/mol. The van der Waals surface area contributed by atoms with Crippen molar-refractivity contribution in [3.05, 3.63) is 89.7 Å². The number of nitrogens with one attached hydrogen (secondary N) is 1. The topological polar surface area (TPSA) is 58.6 Å². The molecule has 0 saturated carbocycles. The van der Waals surface area contributed by atoms with E-state index in [4.69, 9.17) is 4.74 Å². The van der Waals surface area contributed by atoms with E-state index in [2.05, 4.69) is 5.32 Å². The molecule has 4 rings (SSSR count). The molecule has 1 unspecified atom stereocenters. The highest BCUT2D eigenvalue weighted by Crippen LogP contribution is 2.33. The van der Waals surface area contributed by atoms with Gasteiger partial charge < -0.3 is 15.0 Å². The third-order valence-electron chi connectivity index (χ3n) is 5.76. The summed E-state index contributed by atoms with van der Waals surface area (Å²) in [6, 6.07) is 21.6. The van der Waals surface area contributed by atoms with E-state index < -0.39 is 17.6 Å². The smallest absolute Gasteiger partial charge is 0.256 e. The van der Waals surface area contributed by atoms with Crippen LogP contribution in [0.5, 0.6) is 5.75 Å². The molecule has 1 saturated heterocycles. The maximum Gasteiger partial charge on any atom is 0.256 e. The number of para-hydroxylation sites is 1. The molecule has 6 heteroatoms. The predicted molar refractivity (Wildman–Crippen MR) is 121 cm³/mol. The molecule has 0 aliphatic carbocycles. The van der Waals surface area contributed by atoms with Crippen LogP contribution in [0.15, 0.2) is 72.8 Å². The van der Waals surface area contributed by atoms with Crippen molar-refractivity contribution in [2.24, 2.45) is 5.92 Å². The molecule has 0 bridgehead atoms. The summed E-state index contributed by atoms with van der Waals surface area (Å²) in [4.78, 5) is 27.4. The lowest BCUT2D eigenvalue weighted by molar-refractivity contribution is -0.124. The molecule has 0 spiro atoms. The highest BCUT2D eigenvalue weighted by molar-refractivity contribution is 5.95. The summed E-state index contributed by atoms with van der Waals surface area (Å²) in [6.45, 7) is 0.895. The fraction of sp³-hybridized carbons (Fsp3) is 0.231. The molecule has 1 heterocycles. The Morgan fingerprint density at radius 2 is 1.72 bits per heavy atom. The number of benzene rings is 3. The van der Waals surface area contributed by atoms with Crippen LogP contribution in [0.1, 0.15) is 15.9 Å². The lowest BCUT2D eigenvalue weighted by Crippen LogP contribution is -2.37. The minimum Gasteiger partial charge on any atom is -0.496 e. The molecule has 164 valence electrons. The number of rotatable bonds is 5. The Labute approximate surface area is 186 Å². The molecular formula is C26H25FN2O3. The molecule has 32 heavy (non-hydrogen) atoms. The second-order valence-corrected chi connectivity index (χ2v) is 7.78. The highest BCUT2D eigenvalue weighted by Gasteiger charge is 2.30. The minimum atomic E-state index is -0.556. The summed E-state index contributed by atoms with van der Waals surface area (Å²) >= 11 is 0. The molecule has 0 radical (unpaired) electrons. The summed E-state index contributed by atoms with van der Waals surface area (Å²) in [5.41, 5.74) is 2.93. The van der Waals surface area contributed by atoms with Crippen molar-refractivity contribution in [3.63, 3.8) is 0 Å².